The fraction of sp³-hybridized carbons (Fsp3) is 0.778. The predicted molar refractivity (Wildman–Crippen MR) is 55.2 cm³/mol. The van der Waals surface area contributed by atoms with Crippen molar-refractivity contribution >= 4 is 20.1 Å². The van der Waals surface area contributed by atoms with Crippen LogP contribution >= 0.6 is 0 Å². The summed E-state index contributed by atoms with van der Waals surface area (Å²) >= 11 is 0. The molecule has 1 fully saturated rings. The van der Waals surface area contributed by atoms with E-state index in [-0.39, 0.29) is 17.9 Å². The maximum Gasteiger partial charge on any atom is 0.328 e. The number of nitrogens with zero attached hydrogens (tertiary/aromatic N) is 1. The summed E-state index contributed by atoms with van der Waals surface area (Å²) in [7, 11) is -1.71. The highest BCUT2D eigenvalue weighted by Gasteiger charge is 2.48. The number of ether oxygens (including phenoxy) is 1. The van der Waals surface area contributed by atoms with E-state index in [1.165, 1.54) is 0 Å². The Hall–Kier alpha value is -0.843. The molecule has 0 aromatic heterocycles. The molecule has 1 aliphatic rings. The van der Waals surface area contributed by atoms with Gasteiger partial charge >= 0.3 is 5.97 Å². The summed E-state index contributed by atoms with van der Waals surface area (Å²) in [5, 5.41) is 0. The molecule has 0 spiro atoms. The molecule has 1 saturated heterocycles. The lowest BCUT2D eigenvalue weighted by molar-refractivity contribution is -0.160. The summed E-state index contributed by atoms with van der Waals surface area (Å²) in [6.07, 6.45) is 0.323. The summed E-state index contributed by atoms with van der Waals surface area (Å²) < 4.78 is 6.64. The van der Waals surface area contributed by atoms with Gasteiger partial charge in [0.25, 0.3) is 0 Å². The molecule has 1 heterocycles. The molecule has 0 N–H and O–H groups in total. The molecule has 0 bridgehead atoms. The van der Waals surface area contributed by atoms with Gasteiger partial charge in [0.2, 0.25) is 5.91 Å². The molecule has 80 valence electrons. The summed E-state index contributed by atoms with van der Waals surface area (Å²) in [6.45, 7) is 8.31. The van der Waals surface area contributed by atoms with Gasteiger partial charge in [0.05, 0.1) is 13.0 Å². The van der Waals surface area contributed by atoms with Crippen LogP contribution in [0.25, 0.3) is 0 Å². The Morgan fingerprint density at radius 1 is 1.57 bits per heavy atom. The average molecular weight is 215 g/mol. The molecule has 1 amide bonds. The molecule has 14 heavy (non-hydrogen) atoms. The lowest BCUT2D eigenvalue weighted by atomic mass is 10.1. The van der Waals surface area contributed by atoms with Crippen LogP contribution in [-0.2, 0) is 14.3 Å². The molecular formula is C9H17NO3Si. The van der Waals surface area contributed by atoms with Crippen molar-refractivity contribution in [1.29, 1.82) is 0 Å². The number of carbonyl (C=O) groups is 2. The number of amides is 1. The number of hydrogen-bond donors (Lipinski definition) is 0. The molecule has 4 nitrogen and oxygen atoms in total. The monoisotopic (exact) mass is 215 g/mol. The van der Waals surface area contributed by atoms with Gasteiger partial charge in [-0.3, -0.25) is 4.79 Å². The predicted octanol–water partition coefficient (Wildman–Crippen LogP) is 0.985. The van der Waals surface area contributed by atoms with Crippen LogP contribution in [-0.4, -0.2) is 37.3 Å². The highest BCUT2D eigenvalue weighted by molar-refractivity contribution is 6.76. The summed E-state index contributed by atoms with van der Waals surface area (Å²) in [5.74, 6) is -0.170. The van der Waals surface area contributed by atoms with Gasteiger partial charge < -0.3 is 9.30 Å². The van der Waals surface area contributed by atoms with Crippen molar-refractivity contribution in [3.63, 3.8) is 0 Å². The van der Waals surface area contributed by atoms with Crippen molar-refractivity contribution in [3.05, 3.63) is 0 Å². The first-order chi connectivity index (χ1) is 6.38. The van der Waals surface area contributed by atoms with Crippen LogP contribution in [0, 0.1) is 0 Å². The van der Waals surface area contributed by atoms with E-state index >= 15 is 0 Å². The molecular weight excluding hydrogens is 198 g/mol. The number of esters is 1. The third kappa shape index (κ3) is 1.97. The highest BCUT2D eigenvalue weighted by Crippen LogP contribution is 2.27. The molecule has 0 aliphatic carbocycles. The van der Waals surface area contributed by atoms with Crippen molar-refractivity contribution in [2.45, 2.75) is 39.0 Å². The minimum Gasteiger partial charge on any atom is -0.464 e. The van der Waals surface area contributed by atoms with Crippen molar-refractivity contribution < 1.29 is 14.3 Å². The zero-order chi connectivity index (χ0) is 10.9. The van der Waals surface area contributed by atoms with Crippen LogP contribution in [0.1, 0.15) is 13.3 Å². The van der Waals surface area contributed by atoms with Crippen molar-refractivity contribution in [3.8, 4) is 0 Å². The van der Waals surface area contributed by atoms with Crippen LogP contribution in [0.3, 0.4) is 0 Å². The zero-order valence-electron chi connectivity index (χ0n) is 9.16. The Labute approximate surface area is 85.3 Å². The normalized spacial score (nSPS) is 21.9. The number of hydrogen-bond acceptors (Lipinski definition) is 3. The maximum absolute atomic E-state index is 11.4. The third-order valence-electron chi connectivity index (χ3n) is 2.23. The standard InChI is InChI=1S/C9H17NO3Si/c1-5-13-9(12)7-6-8(11)10(7)14(2,3)4/h7H,5-6H2,1-4H3/t7-/m1/s1. The van der Waals surface area contributed by atoms with Crippen LogP contribution in [0.5, 0.6) is 0 Å². The van der Waals surface area contributed by atoms with Crippen LogP contribution in [0.2, 0.25) is 19.6 Å². The fourth-order valence-corrected chi connectivity index (χ4v) is 3.66. The first kappa shape index (κ1) is 11.2. The Kier molecular flexibility index (Phi) is 2.99. The van der Waals surface area contributed by atoms with Crippen LogP contribution < -0.4 is 0 Å². The minimum absolute atomic E-state index is 0.0854. The second-order valence-electron chi connectivity index (χ2n) is 4.41. The van der Waals surface area contributed by atoms with E-state index in [0.29, 0.717) is 13.0 Å². The van der Waals surface area contributed by atoms with E-state index in [1.54, 1.807) is 11.5 Å². The molecule has 0 aromatic rings. The Bertz CT molecular complexity index is 259. The van der Waals surface area contributed by atoms with E-state index in [2.05, 4.69) is 19.6 Å². The van der Waals surface area contributed by atoms with E-state index in [0.717, 1.165) is 0 Å². The molecule has 0 aromatic carbocycles. The van der Waals surface area contributed by atoms with E-state index in [9.17, 15) is 9.59 Å². The number of β-lactam (4-membered cyclic amide) rings is 1. The number of carbonyl (C=O) groups excluding carboxylic acids is 2. The molecule has 0 radical (unpaired) electrons. The highest BCUT2D eigenvalue weighted by atomic mass is 28.3. The van der Waals surface area contributed by atoms with Gasteiger partial charge in [-0.05, 0) is 6.92 Å². The van der Waals surface area contributed by atoms with Gasteiger partial charge in [-0.2, -0.15) is 0 Å². The molecule has 1 aliphatic heterocycles. The first-order valence-corrected chi connectivity index (χ1v) is 8.31. The third-order valence-corrected chi connectivity index (χ3v) is 4.24. The quantitative estimate of drug-likeness (QED) is 0.400. The van der Waals surface area contributed by atoms with Gasteiger partial charge in [-0.15, -0.1) is 0 Å². The SMILES string of the molecule is CCOC(=O)[C@H]1CC(=O)N1[Si](C)(C)C. The van der Waals surface area contributed by atoms with E-state index in [1.807, 2.05) is 0 Å². The van der Waals surface area contributed by atoms with Crippen LogP contribution in [0.4, 0.5) is 0 Å². The minimum atomic E-state index is -1.71. The number of rotatable bonds is 3. The smallest absolute Gasteiger partial charge is 0.328 e. The van der Waals surface area contributed by atoms with Crippen molar-refractivity contribution in [1.82, 2.24) is 4.57 Å². The Morgan fingerprint density at radius 2 is 2.14 bits per heavy atom. The maximum atomic E-state index is 11.4. The zero-order valence-corrected chi connectivity index (χ0v) is 10.2. The first-order valence-electron chi connectivity index (χ1n) is 4.86. The summed E-state index contributed by atoms with van der Waals surface area (Å²) in [4.78, 5) is 22.8. The lowest BCUT2D eigenvalue weighted by Gasteiger charge is -2.46. The fourth-order valence-electron chi connectivity index (χ4n) is 1.69. The van der Waals surface area contributed by atoms with Gasteiger partial charge in [0.1, 0.15) is 6.04 Å². The van der Waals surface area contributed by atoms with Gasteiger partial charge in [-0.25, -0.2) is 4.79 Å². The second-order valence-corrected chi connectivity index (χ2v) is 9.23. The van der Waals surface area contributed by atoms with Gasteiger partial charge in [-0.1, -0.05) is 19.6 Å². The topological polar surface area (TPSA) is 46.6 Å². The van der Waals surface area contributed by atoms with Crippen LogP contribution in [0.15, 0.2) is 0 Å². The Morgan fingerprint density at radius 3 is 2.50 bits per heavy atom. The molecule has 0 saturated carbocycles. The van der Waals surface area contributed by atoms with Crippen molar-refractivity contribution in [2.24, 2.45) is 0 Å². The summed E-state index contributed by atoms with van der Waals surface area (Å²) in [6, 6.07) is -0.311. The molecule has 1 rings (SSSR count). The van der Waals surface area contributed by atoms with Crippen molar-refractivity contribution in [2.75, 3.05) is 6.61 Å². The molecule has 1 atom stereocenters. The Balaban J connectivity index is 2.66. The van der Waals surface area contributed by atoms with E-state index in [4.69, 9.17) is 4.74 Å². The molecule has 5 heteroatoms. The lowest BCUT2D eigenvalue weighted by Crippen LogP contribution is -2.66. The average Bonchev–Trinajstić information content (AvgIpc) is 1.96. The largest absolute Gasteiger partial charge is 0.464 e. The van der Waals surface area contributed by atoms with Gasteiger partial charge in [0, 0.05) is 0 Å². The molecule has 0 unspecified atom stereocenters. The summed E-state index contributed by atoms with van der Waals surface area (Å²) in [5.41, 5.74) is 0. The second kappa shape index (κ2) is 3.72. The van der Waals surface area contributed by atoms with E-state index < -0.39 is 8.24 Å². The van der Waals surface area contributed by atoms with Gasteiger partial charge in [0.15, 0.2) is 8.24 Å².